The molecule has 0 amide bonds. The maximum atomic E-state index is 5.30. The Balaban J connectivity index is 1.84. The quantitative estimate of drug-likeness (QED) is 0.818. The molecule has 2 nitrogen and oxygen atoms in total. The molecule has 1 saturated carbocycles. The third-order valence-electron chi connectivity index (χ3n) is 3.96. The standard InChI is InChI=1S/C16H25NOS/c1-17-16(12-19-11-13-6-3-4-7-13)14-8-5-9-15(10-14)18-2/h5,8-10,13,16-17H,3-4,6-7,11-12H2,1-2H3. The highest BCUT2D eigenvalue weighted by Gasteiger charge is 2.16. The maximum absolute atomic E-state index is 5.30. The van der Waals surface area contributed by atoms with E-state index in [9.17, 15) is 0 Å². The van der Waals surface area contributed by atoms with E-state index < -0.39 is 0 Å². The van der Waals surface area contributed by atoms with Crippen LogP contribution in [0, 0.1) is 5.92 Å². The molecule has 1 atom stereocenters. The summed E-state index contributed by atoms with van der Waals surface area (Å²) in [6.07, 6.45) is 5.76. The van der Waals surface area contributed by atoms with Crippen LogP contribution in [0.2, 0.25) is 0 Å². The Morgan fingerprint density at radius 2 is 2.16 bits per heavy atom. The third kappa shape index (κ3) is 4.43. The molecule has 0 aliphatic heterocycles. The average molecular weight is 279 g/mol. The van der Waals surface area contributed by atoms with E-state index >= 15 is 0 Å². The normalized spacial score (nSPS) is 17.6. The average Bonchev–Trinajstić information content (AvgIpc) is 2.97. The first-order chi connectivity index (χ1) is 9.33. The summed E-state index contributed by atoms with van der Waals surface area (Å²) in [7, 11) is 3.77. The van der Waals surface area contributed by atoms with E-state index in [0.717, 1.165) is 17.4 Å². The maximum Gasteiger partial charge on any atom is 0.119 e. The molecule has 2 rings (SSSR count). The summed E-state index contributed by atoms with van der Waals surface area (Å²) in [5, 5.41) is 3.42. The van der Waals surface area contributed by atoms with Gasteiger partial charge < -0.3 is 10.1 Å². The van der Waals surface area contributed by atoms with Gasteiger partial charge in [-0.15, -0.1) is 0 Å². The minimum atomic E-state index is 0.418. The SMILES string of the molecule is CNC(CSCC1CCCC1)c1cccc(OC)c1. The molecule has 0 radical (unpaired) electrons. The summed E-state index contributed by atoms with van der Waals surface area (Å²) in [4.78, 5) is 0. The Morgan fingerprint density at radius 3 is 2.84 bits per heavy atom. The van der Waals surface area contributed by atoms with Crippen LogP contribution >= 0.6 is 11.8 Å². The summed E-state index contributed by atoms with van der Waals surface area (Å²) in [5.41, 5.74) is 1.32. The van der Waals surface area contributed by atoms with Gasteiger partial charge in [-0.3, -0.25) is 0 Å². The van der Waals surface area contributed by atoms with Crippen LogP contribution < -0.4 is 10.1 Å². The first kappa shape index (κ1) is 14.7. The molecule has 0 bridgehead atoms. The van der Waals surface area contributed by atoms with Crippen molar-refractivity contribution in [3.8, 4) is 5.75 Å². The molecule has 1 N–H and O–H groups in total. The number of hydrogen-bond acceptors (Lipinski definition) is 3. The van der Waals surface area contributed by atoms with E-state index in [4.69, 9.17) is 4.74 Å². The molecule has 1 aromatic rings. The zero-order valence-electron chi connectivity index (χ0n) is 12.0. The summed E-state index contributed by atoms with van der Waals surface area (Å²) in [6, 6.07) is 8.81. The third-order valence-corrected chi connectivity index (χ3v) is 5.23. The molecule has 3 heteroatoms. The van der Waals surface area contributed by atoms with Gasteiger partial charge >= 0.3 is 0 Å². The molecule has 106 valence electrons. The van der Waals surface area contributed by atoms with Crippen molar-refractivity contribution < 1.29 is 4.74 Å². The fourth-order valence-electron chi connectivity index (χ4n) is 2.73. The summed E-state index contributed by atoms with van der Waals surface area (Å²) in [6.45, 7) is 0. The highest BCUT2D eigenvalue weighted by Crippen LogP contribution is 2.29. The van der Waals surface area contributed by atoms with Gasteiger partial charge in [-0.05, 0) is 49.3 Å². The Kier molecular flexibility index (Phi) is 6.05. The van der Waals surface area contributed by atoms with E-state index in [2.05, 4.69) is 35.3 Å². The van der Waals surface area contributed by atoms with Gasteiger partial charge in [-0.25, -0.2) is 0 Å². The van der Waals surface area contributed by atoms with Crippen molar-refractivity contribution in [1.82, 2.24) is 5.32 Å². The van der Waals surface area contributed by atoms with Crippen molar-refractivity contribution in [1.29, 1.82) is 0 Å². The van der Waals surface area contributed by atoms with Crippen molar-refractivity contribution >= 4 is 11.8 Å². The minimum absolute atomic E-state index is 0.418. The van der Waals surface area contributed by atoms with E-state index in [1.54, 1.807) is 7.11 Å². The first-order valence-electron chi connectivity index (χ1n) is 7.22. The Labute approximate surface area is 121 Å². The Morgan fingerprint density at radius 1 is 1.37 bits per heavy atom. The van der Waals surface area contributed by atoms with E-state index in [-0.39, 0.29) is 0 Å². The molecule has 1 unspecified atom stereocenters. The van der Waals surface area contributed by atoms with E-state index in [1.807, 2.05) is 13.1 Å². The lowest BCUT2D eigenvalue weighted by atomic mass is 10.1. The van der Waals surface area contributed by atoms with Gasteiger partial charge in [-0.1, -0.05) is 25.0 Å². The lowest BCUT2D eigenvalue weighted by Crippen LogP contribution is -2.19. The van der Waals surface area contributed by atoms with Crippen LogP contribution in [0.25, 0.3) is 0 Å². The molecule has 1 aliphatic carbocycles. The highest BCUT2D eigenvalue weighted by atomic mass is 32.2. The highest BCUT2D eigenvalue weighted by molar-refractivity contribution is 7.99. The van der Waals surface area contributed by atoms with Crippen LogP contribution in [-0.2, 0) is 0 Å². The van der Waals surface area contributed by atoms with Gasteiger partial charge in [0.05, 0.1) is 7.11 Å². The smallest absolute Gasteiger partial charge is 0.119 e. The molecular formula is C16H25NOS. The molecule has 0 aromatic heterocycles. The monoisotopic (exact) mass is 279 g/mol. The zero-order chi connectivity index (χ0) is 13.5. The van der Waals surface area contributed by atoms with Crippen LogP contribution in [0.5, 0.6) is 5.75 Å². The number of thioether (sulfide) groups is 1. The minimum Gasteiger partial charge on any atom is -0.497 e. The van der Waals surface area contributed by atoms with Crippen molar-refractivity contribution in [2.24, 2.45) is 5.92 Å². The number of ether oxygens (including phenoxy) is 1. The number of hydrogen-bond donors (Lipinski definition) is 1. The van der Waals surface area contributed by atoms with Crippen LogP contribution in [0.1, 0.15) is 37.3 Å². The van der Waals surface area contributed by atoms with Crippen molar-refractivity contribution in [3.05, 3.63) is 29.8 Å². The van der Waals surface area contributed by atoms with Gasteiger partial charge in [0.25, 0.3) is 0 Å². The van der Waals surface area contributed by atoms with Crippen molar-refractivity contribution in [2.75, 3.05) is 25.7 Å². The number of rotatable bonds is 7. The molecule has 0 heterocycles. The molecule has 19 heavy (non-hydrogen) atoms. The second kappa shape index (κ2) is 7.81. The van der Waals surface area contributed by atoms with Crippen molar-refractivity contribution in [2.45, 2.75) is 31.7 Å². The summed E-state index contributed by atoms with van der Waals surface area (Å²) >= 11 is 2.09. The predicted molar refractivity (Wildman–Crippen MR) is 84.1 cm³/mol. The van der Waals surface area contributed by atoms with Gasteiger partial charge in [0.1, 0.15) is 5.75 Å². The molecule has 0 spiro atoms. The number of methoxy groups -OCH3 is 1. The second-order valence-corrected chi connectivity index (χ2v) is 6.38. The van der Waals surface area contributed by atoms with Gasteiger partial charge in [0.2, 0.25) is 0 Å². The van der Waals surface area contributed by atoms with Gasteiger partial charge in [0, 0.05) is 11.8 Å². The molecule has 1 aliphatic rings. The number of nitrogens with one attached hydrogen (secondary N) is 1. The Bertz CT molecular complexity index is 377. The van der Waals surface area contributed by atoms with E-state index in [1.165, 1.54) is 37.0 Å². The van der Waals surface area contributed by atoms with Crippen molar-refractivity contribution in [3.63, 3.8) is 0 Å². The number of benzene rings is 1. The summed E-state index contributed by atoms with van der Waals surface area (Å²) in [5.74, 6) is 4.37. The predicted octanol–water partition coefficient (Wildman–Crippen LogP) is 3.88. The first-order valence-corrected chi connectivity index (χ1v) is 8.38. The fourth-order valence-corrected chi connectivity index (χ4v) is 4.13. The summed E-state index contributed by atoms with van der Waals surface area (Å²) < 4.78 is 5.30. The van der Waals surface area contributed by atoms with Crippen LogP contribution in [0.3, 0.4) is 0 Å². The molecule has 0 saturated heterocycles. The molecule has 1 fully saturated rings. The van der Waals surface area contributed by atoms with Gasteiger partial charge in [-0.2, -0.15) is 11.8 Å². The zero-order valence-corrected chi connectivity index (χ0v) is 12.8. The van der Waals surface area contributed by atoms with Crippen LogP contribution in [0.4, 0.5) is 0 Å². The van der Waals surface area contributed by atoms with Crippen LogP contribution in [0.15, 0.2) is 24.3 Å². The molecule has 1 aromatic carbocycles. The topological polar surface area (TPSA) is 21.3 Å². The largest absolute Gasteiger partial charge is 0.497 e. The van der Waals surface area contributed by atoms with E-state index in [0.29, 0.717) is 6.04 Å². The Hall–Kier alpha value is -0.670. The second-order valence-electron chi connectivity index (χ2n) is 5.31. The van der Waals surface area contributed by atoms with Crippen LogP contribution in [-0.4, -0.2) is 25.7 Å². The van der Waals surface area contributed by atoms with Gasteiger partial charge in [0.15, 0.2) is 0 Å². The fraction of sp³-hybridized carbons (Fsp3) is 0.625. The molecular weight excluding hydrogens is 254 g/mol. The lowest BCUT2D eigenvalue weighted by molar-refractivity contribution is 0.413. The lowest BCUT2D eigenvalue weighted by Gasteiger charge is -2.18.